The first-order chi connectivity index (χ1) is 7.01. The van der Waals surface area contributed by atoms with Crippen LogP contribution in [0.3, 0.4) is 0 Å². The van der Waals surface area contributed by atoms with Crippen molar-refractivity contribution < 1.29 is 14.8 Å². The Bertz CT molecular complexity index is 265. The summed E-state index contributed by atoms with van der Waals surface area (Å²) >= 11 is 0. The van der Waals surface area contributed by atoms with E-state index in [9.17, 15) is 9.59 Å². The largest absolute Gasteiger partial charge is 0.409 e. The predicted octanol–water partition coefficient (Wildman–Crippen LogP) is -1.28. The van der Waals surface area contributed by atoms with Gasteiger partial charge in [-0.3, -0.25) is 9.59 Å². The average Bonchev–Trinajstić information content (AvgIpc) is 2.24. The molecule has 0 aromatic rings. The Hall–Kier alpha value is -1.79. The molecule has 0 saturated heterocycles. The molecule has 2 amide bonds. The zero-order valence-electron chi connectivity index (χ0n) is 8.86. The van der Waals surface area contributed by atoms with Crippen LogP contribution < -0.4 is 11.1 Å². The molecule has 0 radical (unpaired) electrons. The lowest BCUT2D eigenvalue weighted by Gasteiger charge is -2.15. The summed E-state index contributed by atoms with van der Waals surface area (Å²) in [5, 5.41) is 13.4. The van der Waals surface area contributed by atoms with Crippen molar-refractivity contribution in [2.75, 3.05) is 20.6 Å². The molecule has 7 nitrogen and oxygen atoms in total. The molecular weight excluding hydrogens is 200 g/mol. The molecule has 0 fully saturated rings. The molecule has 0 aliphatic rings. The second kappa shape index (κ2) is 6.63. The summed E-state index contributed by atoms with van der Waals surface area (Å²) in [5.74, 6) is -0.584. The molecule has 15 heavy (non-hydrogen) atoms. The smallest absolute Gasteiger partial charge is 0.230 e. The first kappa shape index (κ1) is 13.2. The van der Waals surface area contributed by atoms with Crippen LogP contribution in [0.1, 0.15) is 12.8 Å². The van der Waals surface area contributed by atoms with Crippen molar-refractivity contribution in [3.8, 4) is 0 Å². The summed E-state index contributed by atoms with van der Waals surface area (Å²) < 4.78 is 0. The number of nitrogens with zero attached hydrogens (tertiary/aromatic N) is 2. The fourth-order valence-corrected chi connectivity index (χ4v) is 0.844. The normalized spacial score (nSPS) is 10.9. The van der Waals surface area contributed by atoms with Gasteiger partial charge < -0.3 is 21.2 Å². The monoisotopic (exact) mass is 216 g/mol. The number of nitrogens with one attached hydrogen (secondary N) is 1. The van der Waals surface area contributed by atoms with Gasteiger partial charge in [-0.2, -0.15) is 0 Å². The van der Waals surface area contributed by atoms with Crippen LogP contribution in [0.15, 0.2) is 5.16 Å². The molecule has 0 atom stereocenters. The lowest BCUT2D eigenvalue weighted by molar-refractivity contribution is -0.129. The zero-order valence-corrected chi connectivity index (χ0v) is 8.86. The van der Waals surface area contributed by atoms with Gasteiger partial charge in [0.1, 0.15) is 5.84 Å². The number of amidine groups is 1. The van der Waals surface area contributed by atoms with Crippen LogP contribution in [-0.2, 0) is 9.59 Å². The molecule has 7 heteroatoms. The first-order valence-electron chi connectivity index (χ1n) is 4.42. The molecule has 0 aromatic carbocycles. The summed E-state index contributed by atoms with van der Waals surface area (Å²) in [7, 11) is 3.08. The van der Waals surface area contributed by atoms with Crippen LogP contribution in [0.4, 0.5) is 0 Å². The average molecular weight is 216 g/mol. The number of carbonyl (C=O) groups excluding carboxylic acids is 2. The van der Waals surface area contributed by atoms with E-state index in [1.165, 1.54) is 11.9 Å². The highest BCUT2D eigenvalue weighted by Crippen LogP contribution is 1.93. The number of nitrogens with two attached hydrogens (primary N) is 1. The molecule has 0 aliphatic heterocycles. The maximum atomic E-state index is 11.3. The van der Waals surface area contributed by atoms with E-state index in [-0.39, 0.29) is 30.5 Å². The van der Waals surface area contributed by atoms with Gasteiger partial charge in [-0.1, -0.05) is 5.16 Å². The van der Waals surface area contributed by atoms with Crippen LogP contribution in [0.5, 0.6) is 0 Å². The number of hydrogen-bond donors (Lipinski definition) is 3. The minimum atomic E-state index is -0.297. The molecule has 0 saturated carbocycles. The van der Waals surface area contributed by atoms with Crippen molar-refractivity contribution in [3.05, 3.63) is 0 Å². The maximum Gasteiger partial charge on any atom is 0.230 e. The van der Waals surface area contributed by atoms with E-state index in [4.69, 9.17) is 10.9 Å². The molecule has 0 spiro atoms. The number of oxime groups is 1. The van der Waals surface area contributed by atoms with Gasteiger partial charge >= 0.3 is 0 Å². The third-order valence-electron chi connectivity index (χ3n) is 1.84. The van der Waals surface area contributed by atoms with Crippen LogP contribution >= 0.6 is 0 Å². The highest BCUT2D eigenvalue weighted by Gasteiger charge is 2.11. The highest BCUT2D eigenvalue weighted by molar-refractivity contribution is 5.98. The van der Waals surface area contributed by atoms with Gasteiger partial charge in [0, 0.05) is 27.1 Å². The summed E-state index contributed by atoms with van der Waals surface area (Å²) in [4.78, 5) is 23.6. The van der Waals surface area contributed by atoms with Crippen LogP contribution in [0, 0.1) is 0 Å². The van der Waals surface area contributed by atoms with Crippen molar-refractivity contribution >= 4 is 17.6 Å². The van der Waals surface area contributed by atoms with Crippen LogP contribution in [0.2, 0.25) is 0 Å². The van der Waals surface area contributed by atoms with E-state index in [2.05, 4.69) is 10.5 Å². The van der Waals surface area contributed by atoms with E-state index in [0.717, 1.165) is 0 Å². The van der Waals surface area contributed by atoms with E-state index in [1.807, 2.05) is 0 Å². The maximum absolute atomic E-state index is 11.3. The Morgan fingerprint density at radius 2 is 2.13 bits per heavy atom. The molecule has 4 N–H and O–H groups in total. The van der Waals surface area contributed by atoms with Gasteiger partial charge in [0.05, 0.1) is 6.42 Å². The predicted molar refractivity (Wildman–Crippen MR) is 54.3 cm³/mol. The quantitative estimate of drug-likeness (QED) is 0.230. The molecule has 0 aliphatic carbocycles. The van der Waals surface area contributed by atoms with Crippen molar-refractivity contribution in [3.63, 3.8) is 0 Å². The molecule has 0 rings (SSSR count). The SMILES string of the molecule is CNC(=O)CCN(C)C(=O)CC(N)=NO. The zero-order chi connectivity index (χ0) is 11.8. The molecule has 0 unspecified atom stereocenters. The molecule has 0 bridgehead atoms. The number of rotatable bonds is 5. The van der Waals surface area contributed by atoms with E-state index in [0.29, 0.717) is 6.54 Å². The van der Waals surface area contributed by atoms with Crippen molar-refractivity contribution in [2.24, 2.45) is 10.9 Å². The second-order valence-electron chi connectivity index (χ2n) is 3.01. The number of amides is 2. The van der Waals surface area contributed by atoms with E-state index >= 15 is 0 Å². The van der Waals surface area contributed by atoms with Crippen molar-refractivity contribution in [2.45, 2.75) is 12.8 Å². The Labute approximate surface area is 87.9 Å². The Morgan fingerprint density at radius 1 is 1.53 bits per heavy atom. The third-order valence-corrected chi connectivity index (χ3v) is 1.84. The van der Waals surface area contributed by atoms with E-state index < -0.39 is 0 Å². The van der Waals surface area contributed by atoms with Gasteiger partial charge in [0.25, 0.3) is 0 Å². The van der Waals surface area contributed by atoms with Crippen LogP contribution in [-0.4, -0.2) is 48.4 Å². The standard InChI is InChI=1S/C8H16N4O3/c1-10-7(13)3-4-12(2)8(14)5-6(9)11-15/h15H,3-5H2,1-2H3,(H2,9,11)(H,10,13). The summed E-state index contributed by atoms with van der Waals surface area (Å²) in [5.41, 5.74) is 5.17. The van der Waals surface area contributed by atoms with Crippen molar-refractivity contribution in [1.82, 2.24) is 10.2 Å². The number of carbonyl (C=O) groups is 2. The Morgan fingerprint density at radius 3 is 2.60 bits per heavy atom. The Kier molecular flexibility index (Phi) is 5.84. The topological polar surface area (TPSA) is 108 Å². The first-order valence-corrected chi connectivity index (χ1v) is 4.42. The molecule has 0 aromatic heterocycles. The summed E-state index contributed by atoms with van der Waals surface area (Å²) in [6.07, 6.45) is 0.0790. The van der Waals surface area contributed by atoms with Crippen molar-refractivity contribution in [1.29, 1.82) is 0 Å². The van der Waals surface area contributed by atoms with Gasteiger partial charge in [0.15, 0.2) is 0 Å². The van der Waals surface area contributed by atoms with Gasteiger partial charge in [0.2, 0.25) is 11.8 Å². The minimum absolute atomic E-state index is 0.140. The lowest BCUT2D eigenvalue weighted by atomic mass is 10.3. The number of hydrogen-bond acceptors (Lipinski definition) is 4. The van der Waals surface area contributed by atoms with E-state index in [1.54, 1.807) is 7.05 Å². The fraction of sp³-hybridized carbons (Fsp3) is 0.625. The summed E-state index contributed by atoms with van der Waals surface area (Å²) in [6.45, 7) is 0.303. The minimum Gasteiger partial charge on any atom is -0.409 e. The van der Waals surface area contributed by atoms with Gasteiger partial charge in [-0.05, 0) is 0 Å². The third kappa shape index (κ3) is 5.50. The molecule has 0 heterocycles. The summed E-state index contributed by atoms with van der Waals surface area (Å²) in [6, 6.07) is 0. The molecular formula is C8H16N4O3. The fourth-order valence-electron chi connectivity index (χ4n) is 0.844. The highest BCUT2D eigenvalue weighted by atomic mass is 16.4. The Balaban J connectivity index is 3.94. The van der Waals surface area contributed by atoms with Gasteiger partial charge in [-0.15, -0.1) is 0 Å². The second-order valence-corrected chi connectivity index (χ2v) is 3.01. The van der Waals surface area contributed by atoms with Gasteiger partial charge in [-0.25, -0.2) is 0 Å². The van der Waals surface area contributed by atoms with Crippen LogP contribution in [0.25, 0.3) is 0 Å². The lowest BCUT2D eigenvalue weighted by Crippen LogP contribution is -2.33. The molecule has 86 valence electrons.